The van der Waals surface area contributed by atoms with E-state index >= 15 is 0 Å². The first-order chi connectivity index (χ1) is 12.3. The van der Waals surface area contributed by atoms with E-state index in [4.69, 9.17) is 0 Å². The summed E-state index contributed by atoms with van der Waals surface area (Å²) in [5.41, 5.74) is 1.33. The first-order valence-corrected chi connectivity index (χ1v) is 9.15. The van der Waals surface area contributed by atoms with Crippen LogP contribution in [0.3, 0.4) is 0 Å². The molecule has 26 heavy (non-hydrogen) atoms. The average molecular weight is 362 g/mol. The van der Waals surface area contributed by atoms with Crippen LogP contribution in [-0.2, 0) is 9.59 Å². The molecule has 2 atom stereocenters. The second-order valence-electron chi connectivity index (χ2n) is 7.01. The highest BCUT2D eigenvalue weighted by Gasteiger charge is 2.27. The van der Waals surface area contributed by atoms with E-state index in [9.17, 15) is 19.5 Å². The molecule has 6 nitrogen and oxygen atoms in total. The largest absolute Gasteiger partial charge is 0.480 e. The maximum absolute atomic E-state index is 12.6. The first-order valence-electron chi connectivity index (χ1n) is 9.15. The Labute approximate surface area is 155 Å². The number of carboxylic acids is 1. The number of carboxylic acid groups (broad SMARTS) is 1. The summed E-state index contributed by atoms with van der Waals surface area (Å²) in [5.74, 6) is -1.67. The van der Waals surface area contributed by atoms with Gasteiger partial charge < -0.3 is 15.7 Å². The zero-order valence-electron chi connectivity index (χ0n) is 16.0. The van der Waals surface area contributed by atoms with E-state index < -0.39 is 24.0 Å². The topological polar surface area (TPSA) is 95.5 Å². The predicted molar refractivity (Wildman–Crippen MR) is 101 cm³/mol. The van der Waals surface area contributed by atoms with Gasteiger partial charge in [-0.2, -0.15) is 0 Å². The lowest BCUT2D eigenvalue weighted by molar-refractivity contribution is -0.142. The minimum absolute atomic E-state index is 0.168. The fraction of sp³-hybridized carbons (Fsp3) is 0.550. The highest BCUT2D eigenvalue weighted by molar-refractivity contribution is 5.99. The number of rotatable bonds is 10. The number of hydrogen-bond donors (Lipinski definition) is 3. The molecule has 0 aliphatic carbocycles. The van der Waals surface area contributed by atoms with Crippen molar-refractivity contribution in [2.45, 2.75) is 65.5 Å². The Bertz CT molecular complexity index is 628. The molecule has 0 saturated carbocycles. The Hall–Kier alpha value is -2.37. The van der Waals surface area contributed by atoms with Crippen molar-refractivity contribution in [3.63, 3.8) is 0 Å². The lowest BCUT2D eigenvalue weighted by Crippen LogP contribution is -2.52. The van der Waals surface area contributed by atoms with Gasteiger partial charge in [-0.25, -0.2) is 4.79 Å². The number of nitrogens with one attached hydrogen (secondary N) is 2. The van der Waals surface area contributed by atoms with Crippen LogP contribution >= 0.6 is 0 Å². The summed E-state index contributed by atoms with van der Waals surface area (Å²) in [6.45, 7) is 7.69. The molecule has 6 heteroatoms. The summed E-state index contributed by atoms with van der Waals surface area (Å²) in [6.07, 6.45) is 2.36. The molecule has 0 spiro atoms. The zero-order valence-corrected chi connectivity index (χ0v) is 16.0. The Balaban J connectivity index is 2.87. The van der Waals surface area contributed by atoms with Gasteiger partial charge in [0.1, 0.15) is 12.1 Å². The van der Waals surface area contributed by atoms with E-state index in [1.807, 2.05) is 39.8 Å². The number of aliphatic carboxylic acids is 1. The van der Waals surface area contributed by atoms with Gasteiger partial charge in [-0.15, -0.1) is 0 Å². The van der Waals surface area contributed by atoms with E-state index in [2.05, 4.69) is 10.6 Å². The summed E-state index contributed by atoms with van der Waals surface area (Å²) in [7, 11) is 0. The van der Waals surface area contributed by atoms with E-state index in [0.717, 1.165) is 12.0 Å². The minimum Gasteiger partial charge on any atom is -0.480 e. The maximum atomic E-state index is 12.6. The number of hydrogen-bond acceptors (Lipinski definition) is 3. The SMILES string of the molecule is CCCC[C@H](NC(=O)C(CC(C)C)NC(=O)c1ccccc1C)C(=O)O. The maximum Gasteiger partial charge on any atom is 0.326 e. The molecule has 1 aromatic carbocycles. The van der Waals surface area contributed by atoms with Crippen LogP contribution in [0.4, 0.5) is 0 Å². The summed E-state index contributed by atoms with van der Waals surface area (Å²) in [5, 5.41) is 14.6. The number of benzene rings is 1. The molecular formula is C20H30N2O4. The van der Waals surface area contributed by atoms with Gasteiger partial charge in [0.15, 0.2) is 0 Å². The van der Waals surface area contributed by atoms with Gasteiger partial charge in [0.25, 0.3) is 5.91 Å². The third kappa shape index (κ3) is 6.86. The van der Waals surface area contributed by atoms with Gasteiger partial charge in [-0.05, 0) is 37.3 Å². The van der Waals surface area contributed by atoms with Crippen molar-refractivity contribution in [2.24, 2.45) is 5.92 Å². The monoisotopic (exact) mass is 362 g/mol. The Morgan fingerprint density at radius 1 is 1.08 bits per heavy atom. The van der Waals surface area contributed by atoms with Crippen LogP contribution in [-0.4, -0.2) is 35.0 Å². The van der Waals surface area contributed by atoms with Gasteiger partial charge in [-0.3, -0.25) is 9.59 Å². The lowest BCUT2D eigenvalue weighted by Gasteiger charge is -2.23. The smallest absolute Gasteiger partial charge is 0.326 e. The number of carbonyl (C=O) groups is 3. The van der Waals surface area contributed by atoms with E-state index in [1.165, 1.54) is 0 Å². The van der Waals surface area contributed by atoms with Gasteiger partial charge >= 0.3 is 5.97 Å². The third-order valence-electron chi connectivity index (χ3n) is 4.18. The highest BCUT2D eigenvalue weighted by atomic mass is 16.4. The van der Waals surface area contributed by atoms with Crippen molar-refractivity contribution in [1.82, 2.24) is 10.6 Å². The molecule has 0 fully saturated rings. The summed E-state index contributed by atoms with van der Waals surface area (Å²) in [6, 6.07) is 5.44. The number of amides is 2. The molecule has 1 aromatic rings. The molecule has 0 aromatic heterocycles. The van der Waals surface area contributed by atoms with Crippen molar-refractivity contribution in [3.8, 4) is 0 Å². The molecule has 0 radical (unpaired) electrons. The molecule has 1 rings (SSSR count). The van der Waals surface area contributed by atoms with Gasteiger partial charge in [-0.1, -0.05) is 51.8 Å². The molecular weight excluding hydrogens is 332 g/mol. The van der Waals surface area contributed by atoms with Crippen molar-refractivity contribution >= 4 is 17.8 Å². The molecule has 1 unspecified atom stereocenters. The van der Waals surface area contributed by atoms with Crippen molar-refractivity contribution in [2.75, 3.05) is 0 Å². The first kappa shape index (κ1) is 21.7. The summed E-state index contributed by atoms with van der Waals surface area (Å²) >= 11 is 0. The fourth-order valence-corrected chi connectivity index (χ4v) is 2.70. The van der Waals surface area contributed by atoms with Crippen molar-refractivity contribution < 1.29 is 19.5 Å². The molecule has 3 N–H and O–H groups in total. The summed E-state index contributed by atoms with van der Waals surface area (Å²) in [4.78, 5) is 36.5. The third-order valence-corrected chi connectivity index (χ3v) is 4.18. The highest BCUT2D eigenvalue weighted by Crippen LogP contribution is 2.11. The van der Waals surface area contributed by atoms with Crippen LogP contribution in [0.1, 0.15) is 62.4 Å². The van der Waals surface area contributed by atoms with Gasteiger partial charge in [0, 0.05) is 5.56 Å². The Morgan fingerprint density at radius 3 is 2.27 bits per heavy atom. The molecule has 0 heterocycles. The van der Waals surface area contributed by atoms with E-state index in [0.29, 0.717) is 24.8 Å². The van der Waals surface area contributed by atoms with Crippen molar-refractivity contribution in [1.29, 1.82) is 0 Å². The van der Waals surface area contributed by atoms with Crippen LogP contribution in [0.2, 0.25) is 0 Å². The lowest BCUT2D eigenvalue weighted by atomic mass is 10.0. The van der Waals surface area contributed by atoms with Crippen LogP contribution in [0.5, 0.6) is 0 Å². The van der Waals surface area contributed by atoms with E-state index in [1.54, 1.807) is 12.1 Å². The molecule has 0 bridgehead atoms. The quantitative estimate of drug-likeness (QED) is 0.596. The molecule has 0 saturated heterocycles. The van der Waals surface area contributed by atoms with Crippen molar-refractivity contribution in [3.05, 3.63) is 35.4 Å². The van der Waals surface area contributed by atoms with Crippen LogP contribution in [0, 0.1) is 12.8 Å². The molecule has 144 valence electrons. The molecule has 2 amide bonds. The summed E-state index contributed by atoms with van der Waals surface area (Å²) < 4.78 is 0. The van der Waals surface area contributed by atoms with Gasteiger partial charge in [0.05, 0.1) is 0 Å². The second-order valence-corrected chi connectivity index (χ2v) is 7.01. The molecule has 0 aliphatic rings. The number of carbonyl (C=O) groups excluding carboxylic acids is 2. The van der Waals surface area contributed by atoms with Crippen LogP contribution in [0.25, 0.3) is 0 Å². The normalized spacial score (nSPS) is 13.1. The van der Waals surface area contributed by atoms with Gasteiger partial charge in [0.2, 0.25) is 5.91 Å². The second kappa shape index (κ2) is 10.6. The number of unbranched alkanes of at least 4 members (excludes halogenated alkanes) is 1. The Kier molecular flexibility index (Phi) is 8.82. The standard InChI is InChI=1S/C20H30N2O4/c1-5-6-11-16(20(25)26)21-19(24)17(12-13(2)3)22-18(23)15-10-8-7-9-14(15)4/h7-10,13,16-17H,5-6,11-12H2,1-4H3,(H,21,24)(H,22,23)(H,25,26)/t16-,17?/m0/s1. The minimum atomic E-state index is -1.06. The average Bonchev–Trinajstić information content (AvgIpc) is 2.57. The molecule has 0 aliphatic heterocycles. The van der Waals surface area contributed by atoms with E-state index in [-0.39, 0.29) is 11.8 Å². The Morgan fingerprint density at radius 2 is 1.73 bits per heavy atom. The predicted octanol–water partition coefficient (Wildman–Crippen LogP) is 2.90. The number of aryl methyl sites for hydroxylation is 1. The fourth-order valence-electron chi connectivity index (χ4n) is 2.70. The van der Waals surface area contributed by atoms with Crippen LogP contribution in [0.15, 0.2) is 24.3 Å². The zero-order chi connectivity index (χ0) is 19.7. The van der Waals surface area contributed by atoms with Crippen LogP contribution < -0.4 is 10.6 Å².